The number of aryl methyl sites for hydroxylation is 1. The first kappa shape index (κ1) is 10.7. The van der Waals surface area contributed by atoms with Crippen molar-refractivity contribution >= 4 is 0 Å². The van der Waals surface area contributed by atoms with Crippen LogP contribution < -0.4 is 5.32 Å². The molecule has 1 N–H and O–H groups in total. The van der Waals surface area contributed by atoms with Gasteiger partial charge in [-0.1, -0.05) is 0 Å². The monoisotopic (exact) mass is 206 g/mol. The van der Waals surface area contributed by atoms with Gasteiger partial charge < -0.3 is 9.88 Å². The molecular weight excluding hydrogens is 184 g/mol. The molecule has 1 atom stereocenters. The topological polar surface area (TPSA) is 17.0 Å². The predicted octanol–water partition coefficient (Wildman–Crippen LogP) is 2.71. The summed E-state index contributed by atoms with van der Waals surface area (Å²) in [6.07, 6.45) is 8.68. The number of hydrogen-bond donors (Lipinski definition) is 1. The van der Waals surface area contributed by atoms with Gasteiger partial charge in [-0.15, -0.1) is 0 Å². The number of nitrogens with zero attached hydrogens (tertiary/aromatic N) is 1. The number of fused-ring (bicyclic) bond motifs is 1. The molecule has 0 aliphatic heterocycles. The molecule has 0 fully saturated rings. The molecule has 1 aromatic heterocycles. The smallest absolute Gasteiger partial charge is 0.0274 e. The van der Waals surface area contributed by atoms with Crippen LogP contribution in [0.15, 0.2) is 12.4 Å². The maximum Gasteiger partial charge on any atom is 0.0274 e. The molecular formula is C13H22N2. The van der Waals surface area contributed by atoms with E-state index in [0.29, 0.717) is 6.04 Å². The second-order valence-corrected chi connectivity index (χ2v) is 4.93. The van der Waals surface area contributed by atoms with Gasteiger partial charge in [0.2, 0.25) is 0 Å². The van der Waals surface area contributed by atoms with Gasteiger partial charge in [0, 0.05) is 25.0 Å². The van der Waals surface area contributed by atoms with Crippen molar-refractivity contribution in [2.45, 2.75) is 45.1 Å². The van der Waals surface area contributed by atoms with E-state index in [1.165, 1.54) is 19.3 Å². The molecule has 84 valence electrons. The van der Waals surface area contributed by atoms with Crippen molar-refractivity contribution in [1.82, 2.24) is 9.88 Å². The van der Waals surface area contributed by atoms with Gasteiger partial charge in [0.05, 0.1) is 0 Å². The Morgan fingerprint density at radius 2 is 2.27 bits per heavy atom. The quantitative estimate of drug-likeness (QED) is 0.804. The number of likely N-dealkylation sites (N-methyl/N-ethyl adjacent to an activating group) is 1. The summed E-state index contributed by atoms with van der Waals surface area (Å²) in [5.41, 5.74) is 3.17. The Kier molecular flexibility index (Phi) is 3.15. The van der Waals surface area contributed by atoms with Crippen LogP contribution in [0.4, 0.5) is 0 Å². The lowest BCUT2D eigenvalue weighted by molar-refractivity contribution is 0.530. The summed E-state index contributed by atoms with van der Waals surface area (Å²) < 4.78 is 2.36. The zero-order chi connectivity index (χ0) is 10.8. The second-order valence-electron chi connectivity index (χ2n) is 4.93. The van der Waals surface area contributed by atoms with Crippen molar-refractivity contribution in [3.05, 3.63) is 23.5 Å². The van der Waals surface area contributed by atoms with Crippen molar-refractivity contribution in [1.29, 1.82) is 0 Å². The summed E-state index contributed by atoms with van der Waals surface area (Å²) in [4.78, 5) is 0. The lowest BCUT2D eigenvalue weighted by Crippen LogP contribution is -2.20. The highest BCUT2D eigenvalue weighted by atomic mass is 15.0. The summed E-state index contributed by atoms with van der Waals surface area (Å²) >= 11 is 0. The second kappa shape index (κ2) is 4.40. The van der Waals surface area contributed by atoms with Crippen molar-refractivity contribution in [3.63, 3.8) is 0 Å². The average molecular weight is 206 g/mol. The highest BCUT2D eigenvalue weighted by molar-refractivity contribution is 5.31. The Morgan fingerprint density at radius 1 is 1.47 bits per heavy atom. The maximum absolute atomic E-state index is 3.31. The molecule has 0 amide bonds. The van der Waals surface area contributed by atoms with Crippen LogP contribution in [-0.4, -0.2) is 18.2 Å². The van der Waals surface area contributed by atoms with Crippen LogP contribution in [0.5, 0.6) is 0 Å². The Bertz CT molecular complexity index is 325. The molecule has 0 bridgehead atoms. The maximum atomic E-state index is 3.31. The summed E-state index contributed by atoms with van der Waals surface area (Å²) in [5.74, 6) is 0.735. The molecule has 1 aliphatic rings. The van der Waals surface area contributed by atoms with E-state index in [4.69, 9.17) is 0 Å². The van der Waals surface area contributed by atoms with Gasteiger partial charge >= 0.3 is 0 Å². The average Bonchev–Trinajstić information content (AvgIpc) is 2.63. The van der Waals surface area contributed by atoms with Crippen molar-refractivity contribution < 1.29 is 0 Å². The summed E-state index contributed by atoms with van der Waals surface area (Å²) in [6, 6.07) is 0.589. The fourth-order valence-corrected chi connectivity index (χ4v) is 2.56. The molecule has 1 aliphatic carbocycles. The highest BCUT2D eigenvalue weighted by Gasteiger charge is 2.21. The molecule has 0 saturated heterocycles. The Labute approximate surface area is 92.7 Å². The Balaban J connectivity index is 2.26. The molecule has 1 unspecified atom stereocenters. The third kappa shape index (κ3) is 2.10. The van der Waals surface area contributed by atoms with E-state index in [1.54, 1.807) is 11.1 Å². The molecule has 0 radical (unpaired) electrons. The first-order valence-corrected chi connectivity index (χ1v) is 6.07. The van der Waals surface area contributed by atoms with Crippen LogP contribution in [0.2, 0.25) is 0 Å². The molecule has 0 saturated carbocycles. The third-order valence-electron chi connectivity index (χ3n) is 3.45. The van der Waals surface area contributed by atoms with E-state index < -0.39 is 0 Å². The van der Waals surface area contributed by atoms with E-state index >= 15 is 0 Å². The van der Waals surface area contributed by atoms with Gasteiger partial charge in [-0.3, -0.25) is 0 Å². The fourth-order valence-electron chi connectivity index (χ4n) is 2.56. The molecule has 2 nitrogen and oxygen atoms in total. The highest BCUT2D eigenvalue weighted by Crippen LogP contribution is 2.32. The minimum absolute atomic E-state index is 0.589. The number of rotatable bonds is 3. The number of nitrogens with one attached hydrogen (secondary N) is 1. The number of aromatic nitrogens is 1. The summed E-state index contributed by atoms with van der Waals surface area (Å²) in [6.45, 7) is 5.62. The third-order valence-corrected chi connectivity index (χ3v) is 3.45. The lowest BCUT2D eigenvalue weighted by Gasteiger charge is -2.21. The summed E-state index contributed by atoms with van der Waals surface area (Å²) in [7, 11) is 2.05. The molecule has 2 heteroatoms. The van der Waals surface area contributed by atoms with Gasteiger partial charge in [0.15, 0.2) is 0 Å². The van der Waals surface area contributed by atoms with Crippen LogP contribution >= 0.6 is 0 Å². The molecule has 1 aromatic rings. The van der Waals surface area contributed by atoms with E-state index in [-0.39, 0.29) is 0 Å². The van der Waals surface area contributed by atoms with Crippen molar-refractivity contribution in [3.8, 4) is 0 Å². The van der Waals surface area contributed by atoms with Crippen LogP contribution in [0.1, 0.15) is 49.8 Å². The first-order chi connectivity index (χ1) is 7.22. The van der Waals surface area contributed by atoms with Crippen molar-refractivity contribution in [2.75, 3.05) is 13.6 Å². The van der Waals surface area contributed by atoms with Gasteiger partial charge in [0.25, 0.3) is 0 Å². The molecule has 1 heterocycles. The molecule has 2 rings (SSSR count). The first-order valence-electron chi connectivity index (χ1n) is 6.07. The van der Waals surface area contributed by atoms with E-state index in [1.807, 2.05) is 7.05 Å². The van der Waals surface area contributed by atoms with Gasteiger partial charge in [-0.05, 0) is 57.2 Å². The Morgan fingerprint density at radius 3 is 2.93 bits per heavy atom. The van der Waals surface area contributed by atoms with Crippen LogP contribution in [-0.2, 0) is 6.42 Å². The standard InChI is InChI=1S/C13H22N2/c1-10(2)15-8-12-6-4-5-11(7-14-3)13(12)9-15/h8-11,14H,4-7H2,1-3H3. The zero-order valence-corrected chi connectivity index (χ0v) is 10.1. The van der Waals surface area contributed by atoms with Crippen LogP contribution in [0.25, 0.3) is 0 Å². The summed E-state index contributed by atoms with van der Waals surface area (Å²) in [5, 5.41) is 3.31. The van der Waals surface area contributed by atoms with E-state index in [0.717, 1.165) is 12.5 Å². The molecule has 0 spiro atoms. The van der Waals surface area contributed by atoms with Crippen molar-refractivity contribution in [2.24, 2.45) is 0 Å². The van der Waals surface area contributed by atoms with E-state index in [9.17, 15) is 0 Å². The van der Waals surface area contributed by atoms with E-state index in [2.05, 4.69) is 36.1 Å². The fraction of sp³-hybridized carbons (Fsp3) is 0.692. The van der Waals surface area contributed by atoms with Gasteiger partial charge in [0.1, 0.15) is 0 Å². The van der Waals surface area contributed by atoms with Gasteiger partial charge in [-0.2, -0.15) is 0 Å². The molecule has 0 aromatic carbocycles. The van der Waals surface area contributed by atoms with Crippen LogP contribution in [0, 0.1) is 0 Å². The number of hydrogen-bond acceptors (Lipinski definition) is 1. The molecule has 15 heavy (non-hydrogen) atoms. The normalized spacial score (nSPS) is 20.7. The lowest BCUT2D eigenvalue weighted by atomic mass is 9.85. The zero-order valence-electron chi connectivity index (χ0n) is 10.1. The van der Waals surface area contributed by atoms with Gasteiger partial charge in [-0.25, -0.2) is 0 Å². The predicted molar refractivity (Wildman–Crippen MR) is 64.4 cm³/mol. The Hall–Kier alpha value is -0.760. The van der Waals surface area contributed by atoms with Crippen LogP contribution in [0.3, 0.4) is 0 Å². The minimum atomic E-state index is 0.589. The SMILES string of the molecule is CNCC1CCCc2cn(C(C)C)cc21. The minimum Gasteiger partial charge on any atom is -0.351 e. The largest absolute Gasteiger partial charge is 0.351 e.